The van der Waals surface area contributed by atoms with Gasteiger partial charge in [0.25, 0.3) is 0 Å². The Morgan fingerprint density at radius 1 is 1.29 bits per heavy atom. The number of thioether (sulfide) groups is 1. The predicted octanol–water partition coefficient (Wildman–Crippen LogP) is 4.93. The number of anilines is 1. The van der Waals surface area contributed by atoms with E-state index in [9.17, 15) is 10.0 Å². The van der Waals surface area contributed by atoms with Crippen LogP contribution in [0.15, 0.2) is 46.7 Å². The molecule has 0 aromatic heterocycles. The van der Waals surface area contributed by atoms with Crippen molar-refractivity contribution in [3.05, 3.63) is 63.1 Å². The lowest BCUT2D eigenvalue weighted by Gasteiger charge is -2.35. The van der Waals surface area contributed by atoms with E-state index in [0.29, 0.717) is 21.4 Å². The smallest absolute Gasteiger partial charge is 0.179 e. The maximum absolute atomic E-state index is 11.2. The molecule has 0 aliphatic carbocycles. The number of nitrogens with one attached hydrogen (secondary N) is 1. The van der Waals surface area contributed by atoms with Gasteiger partial charge in [-0.2, -0.15) is 5.10 Å². The second-order valence-electron chi connectivity index (χ2n) is 7.93. The van der Waals surface area contributed by atoms with Crippen LogP contribution in [-0.4, -0.2) is 39.7 Å². The van der Waals surface area contributed by atoms with Gasteiger partial charge in [0.1, 0.15) is 5.37 Å². The van der Waals surface area contributed by atoms with Gasteiger partial charge in [-0.15, -0.1) is 11.8 Å². The maximum Gasteiger partial charge on any atom is 0.179 e. The lowest BCUT2D eigenvalue weighted by atomic mass is 9.93. The van der Waals surface area contributed by atoms with Crippen LogP contribution in [0.4, 0.5) is 5.69 Å². The highest BCUT2D eigenvalue weighted by Gasteiger charge is 2.35. The Bertz CT molecular complexity index is 1090. The molecule has 2 aliphatic heterocycles. The monoisotopic (exact) mass is 476 g/mol. The highest BCUT2D eigenvalue weighted by molar-refractivity contribution is 8.02. The van der Waals surface area contributed by atoms with Gasteiger partial charge in [0.2, 0.25) is 0 Å². The van der Waals surface area contributed by atoms with E-state index in [1.165, 1.54) is 0 Å². The number of amidine groups is 1. The molecule has 1 unspecified atom stereocenters. The van der Waals surface area contributed by atoms with E-state index in [1.807, 2.05) is 17.0 Å². The number of oxime groups is 1. The van der Waals surface area contributed by atoms with Crippen molar-refractivity contribution in [3.63, 3.8) is 0 Å². The Morgan fingerprint density at radius 3 is 2.77 bits per heavy atom. The average Bonchev–Trinajstić information content (AvgIpc) is 2.75. The largest absolute Gasteiger partial charge is 0.409 e. The molecule has 1 atom stereocenters. The number of carbonyl (C=O) groups is 1. The van der Waals surface area contributed by atoms with Crippen LogP contribution in [0.3, 0.4) is 0 Å². The highest BCUT2D eigenvalue weighted by Crippen LogP contribution is 2.37. The minimum Gasteiger partial charge on any atom is -0.409 e. The Hall–Kier alpha value is -2.22. The van der Waals surface area contributed by atoms with Crippen molar-refractivity contribution in [1.29, 1.82) is 0 Å². The molecule has 0 radical (unpaired) electrons. The van der Waals surface area contributed by atoms with E-state index in [-0.39, 0.29) is 10.1 Å². The first-order valence-corrected chi connectivity index (χ1v) is 11.5. The van der Waals surface area contributed by atoms with Gasteiger partial charge in [0.05, 0.1) is 20.5 Å². The number of hydrogen-bond acceptors (Lipinski definition) is 6. The molecule has 9 heteroatoms. The lowest BCUT2D eigenvalue weighted by molar-refractivity contribution is -0.107. The van der Waals surface area contributed by atoms with E-state index in [4.69, 9.17) is 23.2 Å². The molecule has 0 fully saturated rings. The fraction of sp³-hybridized carbons (Fsp3) is 0.318. The summed E-state index contributed by atoms with van der Waals surface area (Å²) in [4.78, 5) is 13.2. The fourth-order valence-corrected chi connectivity index (χ4v) is 5.37. The zero-order valence-electron chi connectivity index (χ0n) is 17.1. The molecule has 0 spiro atoms. The number of benzene rings is 2. The van der Waals surface area contributed by atoms with Gasteiger partial charge >= 0.3 is 0 Å². The summed E-state index contributed by atoms with van der Waals surface area (Å²) in [5, 5.41) is 18.4. The van der Waals surface area contributed by atoms with Crippen molar-refractivity contribution in [3.8, 4) is 0 Å². The molecule has 4 rings (SSSR count). The Kier molecular flexibility index (Phi) is 6.19. The first-order valence-electron chi connectivity index (χ1n) is 9.89. The molecule has 2 aliphatic rings. The molecular formula is C22H22Cl2N4O2S. The van der Waals surface area contributed by atoms with Crippen molar-refractivity contribution in [2.24, 2.45) is 10.3 Å². The van der Waals surface area contributed by atoms with Crippen LogP contribution in [0.5, 0.6) is 0 Å². The molecule has 2 N–H and O–H groups in total. The Balaban J connectivity index is 1.70. The number of halogens is 2. The van der Waals surface area contributed by atoms with Crippen LogP contribution in [-0.2, 0) is 11.2 Å². The summed E-state index contributed by atoms with van der Waals surface area (Å²) < 4.78 is -0.308. The maximum atomic E-state index is 11.2. The zero-order valence-corrected chi connectivity index (χ0v) is 19.4. The van der Waals surface area contributed by atoms with Gasteiger partial charge in [-0.25, -0.2) is 0 Å². The summed E-state index contributed by atoms with van der Waals surface area (Å²) >= 11 is 13.8. The summed E-state index contributed by atoms with van der Waals surface area (Å²) in [5.74, 6) is 0.425. The first-order chi connectivity index (χ1) is 14.8. The van der Waals surface area contributed by atoms with Crippen molar-refractivity contribution in [2.45, 2.75) is 36.8 Å². The van der Waals surface area contributed by atoms with Gasteiger partial charge in [0, 0.05) is 17.8 Å². The highest BCUT2D eigenvalue weighted by atomic mass is 35.5. The molecule has 162 valence electrons. The minimum absolute atomic E-state index is 0.308. The second kappa shape index (κ2) is 8.73. The van der Waals surface area contributed by atoms with Crippen LogP contribution in [0, 0.1) is 0 Å². The SMILES string of the molecule is CC1(C)SC(C=O)NN=C1c1ccc2c(c1)CCCN2C(=NO)c1ccc(Cl)c(Cl)c1. The molecule has 31 heavy (non-hydrogen) atoms. The van der Waals surface area contributed by atoms with Crippen LogP contribution in [0.25, 0.3) is 0 Å². The molecule has 0 saturated heterocycles. The second-order valence-corrected chi connectivity index (χ2v) is 10.5. The Labute approximate surface area is 195 Å². The van der Waals surface area contributed by atoms with Crippen molar-refractivity contribution in [1.82, 2.24) is 5.43 Å². The third-order valence-corrected chi connectivity index (χ3v) is 7.41. The van der Waals surface area contributed by atoms with Crippen LogP contribution < -0.4 is 10.3 Å². The Morgan fingerprint density at radius 2 is 2.10 bits per heavy atom. The predicted molar refractivity (Wildman–Crippen MR) is 128 cm³/mol. The number of carbonyl (C=O) groups excluding carboxylic acids is 1. The number of nitrogens with zero attached hydrogens (tertiary/aromatic N) is 3. The number of hydrazone groups is 1. The normalized spacial score (nSPS) is 20.5. The summed E-state index contributed by atoms with van der Waals surface area (Å²) in [6, 6.07) is 11.4. The quantitative estimate of drug-likeness (QED) is 0.216. The molecular weight excluding hydrogens is 455 g/mol. The van der Waals surface area contributed by atoms with Crippen molar-refractivity contribution in [2.75, 3.05) is 11.4 Å². The van der Waals surface area contributed by atoms with Gasteiger partial charge in [-0.05, 0) is 68.1 Å². The number of rotatable bonds is 3. The van der Waals surface area contributed by atoms with Gasteiger partial charge in [0.15, 0.2) is 12.1 Å². The van der Waals surface area contributed by atoms with Crippen LogP contribution in [0.1, 0.15) is 37.0 Å². The molecule has 2 aromatic rings. The van der Waals surface area contributed by atoms with Gasteiger partial charge in [-0.1, -0.05) is 34.4 Å². The van der Waals surface area contributed by atoms with E-state index < -0.39 is 0 Å². The van der Waals surface area contributed by atoms with E-state index in [2.05, 4.69) is 35.6 Å². The standard InChI is InChI=1S/C22H22Cl2N4O2S/c1-22(2)20(26-25-19(12-29)31-22)14-6-8-18-13(10-14)4-3-9-28(18)21(27-30)15-5-7-16(23)17(24)11-15/h5-8,10-12,19,25,30H,3-4,9H2,1-2H3. The van der Waals surface area contributed by atoms with Crippen LogP contribution in [0.2, 0.25) is 10.0 Å². The molecule has 0 bridgehead atoms. The van der Waals surface area contributed by atoms with E-state index >= 15 is 0 Å². The number of hydrogen-bond donors (Lipinski definition) is 2. The van der Waals surface area contributed by atoms with Crippen molar-refractivity contribution >= 4 is 58.5 Å². The summed E-state index contributed by atoms with van der Waals surface area (Å²) in [5.41, 5.74) is 7.64. The molecule has 0 saturated carbocycles. The van der Waals surface area contributed by atoms with Crippen molar-refractivity contribution < 1.29 is 10.0 Å². The fourth-order valence-electron chi connectivity index (χ4n) is 4.00. The third-order valence-electron chi connectivity index (χ3n) is 5.42. The van der Waals surface area contributed by atoms with Gasteiger partial charge in [-0.3, -0.25) is 5.43 Å². The first kappa shape index (κ1) is 22.0. The lowest BCUT2D eigenvalue weighted by Crippen LogP contribution is -2.42. The van der Waals surface area contributed by atoms with Crippen LogP contribution >= 0.6 is 35.0 Å². The minimum atomic E-state index is -0.346. The third kappa shape index (κ3) is 4.27. The molecule has 6 nitrogen and oxygen atoms in total. The average molecular weight is 477 g/mol. The molecule has 2 heterocycles. The zero-order chi connectivity index (χ0) is 22.2. The molecule has 0 amide bonds. The summed E-state index contributed by atoms with van der Waals surface area (Å²) in [7, 11) is 0. The number of aldehydes is 1. The summed E-state index contributed by atoms with van der Waals surface area (Å²) in [6.07, 6.45) is 2.69. The molecule has 2 aromatic carbocycles. The summed E-state index contributed by atoms with van der Waals surface area (Å²) in [6.45, 7) is 4.86. The van der Waals surface area contributed by atoms with Gasteiger partial charge < -0.3 is 14.9 Å². The topological polar surface area (TPSA) is 77.3 Å². The number of aryl methyl sites for hydroxylation is 1. The van der Waals surface area contributed by atoms with E-state index in [0.717, 1.165) is 48.2 Å². The number of fused-ring (bicyclic) bond motifs is 1. The van der Waals surface area contributed by atoms with E-state index in [1.54, 1.807) is 30.0 Å².